The molecule has 0 atom stereocenters. The van der Waals surface area contributed by atoms with E-state index in [0.717, 1.165) is 10.1 Å². The van der Waals surface area contributed by atoms with Gasteiger partial charge in [-0.3, -0.25) is 4.57 Å². The first kappa shape index (κ1) is 27.1. The minimum atomic E-state index is -0.663. The molecule has 11 heteroatoms. The zero-order valence-electron chi connectivity index (χ0n) is 20.3. The number of aromatic nitrogens is 4. The number of halogens is 1. The number of nitrogens with one attached hydrogen (secondary N) is 1. The lowest BCUT2D eigenvalue weighted by Gasteiger charge is -2.14. The Morgan fingerprint density at radius 3 is 2.57 bits per heavy atom. The summed E-state index contributed by atoms with van der Waals surface area (Å²) in [5, 5.41) is 20.2. The second-order valence-corrected chi connectivity index (χ2v) is 8.06. The van der Waals surface area contributed by atoms with E-state index >= 15 is 0 Å². The summed E-state index contributed by atoms with van der Waals surface area (Å²) in [4.78, 5) is 33.2. The second-order valence-electron chi connectivity index (χ2n) is 7.62. The first-order valence-electron chi connectivity index (χ1n) is 11.3. The molecular weight excluding hydrogens is 496 g/mol. The van der Waals surface area contributed by atoms with E-state index in [0.29, 0.717) is 28.8 Å². The van der Waals surface area contributed by atoms with Gasteiger partial charge in [0, 0.05) is 30.4 Å². The van der Waals surface area contributed by atoms with E-state index in [1.54, 1.807) is 61.5 Å². The van der Waals surface area contributed by atoms with Gasteiger partial charge in [0.2, 0.25) is 11.8 Å². The molecule has 1 aliphatic carbocycles. The van der Waals surface area contributed by atoms with Crippen LogP contribution in [0.4, 0.5) is 5.95 Å². The third kappa shape index (κ3) is 7.51. The Morgan fingerprint density at radius 2 is 1.86 bits per heavy atom. The highest BCUT2D eigenvalue weighted by atomic mass is 35.5. The van der Waals surface area contributed by atoms with Crippen LogP contribution in [0, 0.1) is 11.3 Å². The van der Waals surface area contributed by atoms with Crippen LogP contribution in [-0.2, 0) is 13.6 Å². The second kappa shape index (κ2) is 13.0. The number of hydrogen-bond acceptors (Lipinski definition) is 8. The van der Waals surface area contributed by atoms with Crippen molar-refractivity contribution in [1.82, 2.24) is 19.1 Å². The lowest BCUT2D eigenvalue weighted by atomic mass is 10.2. The number of pyridine rings is 1. The molecule has 3 aromatic rings. The number of hydrogen-bond donors (Lipinski definition) is 2. The van der Waals surface area contributed by atoms with E-state index in [1.165, 1.54) is 11.6 Å². The lowest BCUT2D eigenvalue weighted by molar-refractivity contribution is 0.318. The van der Waals surface area contributed by atoms with Crippen molar-refractivity contribution in [3.05, 3.63) is 115 Å². The van der Waals surface area contributed by atoms with Crippen molar-refractivity contribution in [1.29, 1.82) is 5.26 Å². The topological polar surface area (TPSA) is 135 Å². The summed E-state index contributed by atoms with van der Waals surface area (Å²) in [6.45, 7) is 2.13. The molecule has 2 N–H and O–H groups in total. The van der Waals surface area contributed by atoms with Gasteiger partial charge in [-0.15, -0.1) is 0 Å². The molecule has 4 rings (SSSR count). The van der Waals surface area contributed by atoms with E-state index in [-0.39, 0.29) is 24.8 Å². The maximum atomic E-state index is 12.8. The summed E-state index contributed by atoms with van der Waals surface area (Å²) in [6.07, 6.45) is 7.67. The molecule has 0 amide bonds. The average Bonchev–Trinajstić information content (AvgIpc) is 3.11. The van der Waals surface area contributed by atoms with Crippen molar-refractivity contribution in [2.24, 2.45) is 7.05 Å². The van der Waals surface area contributed by atoms with Gasteiger partial charge in [-0.1, -0.05) is 35.9 Å². The van der Waals surface area contributed by atoms with Gasteiger partial charge in [-0.2, -0.15) is 10.2 Å². The highest BCUT2D eigenvalue weighted by Crippen LogP contribution is 2.17. The number of benzene rings is 1. The molecule has 0 spiro atoms. The van der Waals surface area contributed by atoms with E-state index in [9.17, 15) is 9.59 Å². The molecule has 1 aromatic carbocycles. The van der Waals surface area contributed by atoms with Crippen LogP contribution in [0.1, 0.15) is 24.6 Å². The van der Waals surface area contributed by atoms with Gasteiger partial charge in [0.05, 0.1) is 6.54 Å². The fourth-order valence-corrected chi connectivity index (χ4v) is 3.28. The molecule has 0 bridgehead atoms. The largest absolute Gasteiger partial charge is 0.439 e. The van der Waals surface area contributed by atoms with Crippen LogP contribution in [0.15, 0.2) is 87.8 Å². The fraction of sp³-hybridized carbons (Fsp3) is 0.192. The number of anilines is 1. The molecule has 0 saturated carbocycles. The number of nitriles is 1. The van der Waals surface area contributed by atoms with Gasteiger partial charge in [0.15, 0.2) is 0 Å². The number of aliphatic hydroxyl groups excluding tert-OH is 1. The molecule has 10 nitrogen and oxygen atoms in total. The van der Waals surface area contributed by atoms with E-state index in [2.05, 4.69) is 15.3 Å². The van der Waals surface area contributed by atoms with Gasteiger partial charge in [-0.05, 0) is 55.3 Å². The number of nitrogens with zero attached hydrogens (tertiary/aromatic N) is 5. The highest BCUT2D eigenvalue weighted by Gasteiger charge is 2.13. The van der Waals surface area contributed by atoms with Crippen molar-refractivity contribution in [3.63, 3.8) is 0 Å². The van der Waals surface area contributed by atoms with Crippen LogP contribution < -0.4 is 21.4 Å². The molecule has 190 valence electrons. The van der Waals surface area contributed by atoms with Crippen LogP contribution in [0.2, 0.25) is 5.02 Å². The quantitative estimate of drug-likeness (QED) is 0.506. The predicted molar refractivity (Wildman–Crippen MR) is 140 cm³/mol. The standard InChI is InChI=1S/C24H19ClN6O3.C2H6O/c1-30-23(32)29-22(31(24(30)33)15-16-8-10-17(25)11-9-16)28-18-4-2-6-20(13-12-18)34-21-7-3-5-19(14-26)27-21;1-2-3/h3-13H,2,15H2,1H3,(H,28,29,32);3H,2H2,1H3. The average molecular weight is 521 g/mol. The number of aliphatic hydroxyl groups is 1. The SMILES string of the molecule is CCO.Cn1c(=O)nc(NC2=CCC=C(Oc3cccc(C#N)n3)C=C2)n(Cc2ccc(Cl)cc2)c1=O. The number of allylic oxidation sites excluding steroid dienone is 4. The molecule has 1 aliphatic rings. The summed E-state index contributed by atoms with van der Waals surface area (Å²) in [5.41, 5.74) is 0.542. The lowest BCUT2D eigenvalue weighted by Crippen LogP contribution is -2.41. The van der Waals surface area contributed by atoms with Gasteiger partial charge in [-0.25, -0.2) is 19.1 Å². The van der Waals surface area contributed by atoms with Crippen molar-refractivity contribution in [3.8, 4) is 11.9 Å². The van der Waals surface area contributed by atoms with Crippen LogP contribution >= 0.6 is 11.6 Å². The molecule has 2 aromatic heterocycles. The monoisotopic (exact) mass is 520 g/mol. The Balaban J connectivity index is 0.00000121. The minimum absolute atomic E-state index is 0.117. The normalized spacial score (nSPS) is 12.3. The molecule has 0 unspecified atom stereocenters. The van der Waals surface area contributed by atoms with Crippen LogP contribution in [0.3, 0.4) is 0 Å². The molecule has 0 radical (unpaired) electrons. The predicted octanol–water partition coefficient (Wildman–Crippen LogP) is 3.13. The Morgan fingerprint density at radius 1 is 1.14 bits per heavy atom. The van der Waals surface area contributed by atoms with E-state index in [1.807, 2.05) is 18.2 Å². The molecule has 0 aliphatic heterocycles. The maximum absolute atomic E-state index is 12.8. The van der Waals surface area contributed by atoms with Crippen molar-refractivity contribution < 1.29 is 9.84 Å². The summed E-state index contributed by atoms with van der Waals surface area (Å²) >= 11 is 5.96. The highest BCUT2D eigenvalue weighted by molar-refractivity contribution is 6.30. The van der Waals surface area contributed by atoms with Crippen molar-refractivity contribution in [2.45, 2.75) is 19.9 Å². The fourth-order valence-electron chi connectivity index (χ4n) is 3.15. The Bertz CT molecular complexity index is 1500. The number of ether oxygens (including phenoxy) is 1. The van der Waals surface area contributed by atoms with Crippen LogP contribution in [-0.4, -0.2) is 30.8 Å². The Hall–Kier alpha value is -4.46. The number of rotatable bonds is 6. The summed E-state index contributed by atoms with van der Waals surface area (Å²) in [5.74, 6) is 0.953. The molecule has 2 heterocycles. The molecule has 0 saturated heterocycles. The zero-order valence-corrected chi connectivity index (χ0v) is 21.0. The van der Waals surface area contributed by atoms with Crippen LogP contribution in [0.5, 0.6) is 5.88 Å². The Labute approximate surface area is 218 Å². The van der Waals surface area contributed by atoms with Crippen molar-refractivity contribution >= 4 is 17.5 Å². The molecule has 0 fully saturated rings. The van der Waals surface area contributed by atoms with E-state index in [4.69, 9.17) is 26.7 Å². The van der Waals surface area contributed by atoms with Gasteiger partial charge in [0.1, 0.15) is 17.5 Å². The Kier molecular flexibility index (Phi) is 9.55. The first-order chi connectivity index (χ1) is 17.8. The van der Waals surface area contributed by atoms with E-state index < -0.39 is 11.4 Å². The first-order valence-corrected chi connectivity index (χ1v) is 11.7. The van der Waals surface area contributed by atoms with Gasteiger partial charge < -0.3 is 15.2 Å². The maximum Gasteiger partial charge on any atom is 0.354 e. The van der Waals surface area contributed by atoms with Crippen LogP contribution in [0.25, 0.3) is 0 Å². The smallest absolute Gasteiger partial charge is 0.354 e. The van der Waals surface area contributed by atoms with Crippen molar-refractivity contribution in [2.75, 3.05) is 11.9 Å². The van der Waals surface area contributed by atoms with Gasteiger partial charge >= 0.3 is 11.4 Å². The third-order valence-electron chi connectivity index (χ3n) is 4.92. The third-order valence-corrected chi connectivity index (χ3v) is 5.17. The molecular formula is C26H25ClN6O4. The summed E-state index contributed by atoms with van der Waals surface area (Å²) in [6, 6.07) is 14.0. The minimum Gasteiger partial charge on any atom is -0.439 e. The molecule has 37 heavy (non-hydrogen) atoms. The summed E-state index contributed by atoms with van der Waals surface area (Å²) < 4.78 is 8.09. The van der Waals surface area contributed by atoms with Gasteiger partial charge in [0.25, 0.3) is 0 Å². The zero-order chi connectivity index (χ0) is 26.8. The summed E-state index contributed by atoms with van der Waals surface area (Å²) in [7, 11) is 1.38.